The van der Waals surface area contributed by atoms with Gasteiger partial charge in [0.25, 0.3) is 0 Å². The van der Waals surface area contributed by atoms with E-state index in [1.54, 1.807) is 0 Å². The number of aromatic nitrogens is 4. The summed E-state index contributed by atoms with van der Waals surface area (Å²) in [4.78, 5) is 11.7. The first-order chi connectivity index (χ1) is 8.13. The molecule has 7 nitrogen and oxygen atoms in total. The summed E-state index contributed by atoms with van der Waals surface area (Å²) >= 11 is 0. The van der Waals surface area contributed by atoms with Gasteiger partial charge in [0.1, 0.15) is 0 Å². The number of amides is 1. The molecule has 0 saturated carbocycles. The van der Waals surface area contributed by atoms with E-state index in [4.69, 9.17) is 5.73 Å². The Kier molecular flexibility index (Phi) is 8.23. The van der Waals surface area contributed by atoms with Crippen molar-refractivity contribution in [2.75, 3.05) is 0 Å². The third-order valence-corrected chi connectivity index (χ3v) is 2.41. The highest BCUT2D eigenvalue weighted by atomic mass is 35.5. The van der Waals surface area contributed by atoms with Gasteiger partial charge in [-0.1, -0.05) is 18.6 Å². The lowest BCUT2D eigenvalue weighted by atomic mass is 10.1. The van der Waals surface area contributed by atoms with E-state index in [0.29, 0.717) is 18.7 Å². The predicted molar refractivity (Wildman–Crippen MR) is 70.1 cm³/mol. The number of hydrogen-bond acceptors (Lipinski definition) is 5. The molecule has 0 saturated heterocycles. The highest BCUT2D eigenvalue weighted by molar-refractivity contribution is 5.85. The third kappa shape index (κ3) is 5.92. The average Bonchev–Trinajstić information content (AvgIpc) is 2.79. The Morgan fingerprint density at radius 1 is 1.50 bits per heavy atom. The van der Waals surface area contributed by atoms with Gasteiger partial charge in [0.05, 0.1) is 6.04 Å². The summed E-state index contributed by atoms with van der Waals surface area (Å²) in [6.45, 7) is 3.93. The van der Waals surface area contributed by atoms with E-state index < -0.39 is 0 Å². The minimum absolute atomic E-state index is 0. The largest absolute Gasteiger partial charge is 0.346 e. The molecule has 1 aromatic rings. The lowest BCUT2D eigenvalue weighted by molar-refractivity contribution is -0.122. The minimum atomic E-state index is -0.167. The number of aromatic amines is 1. The second kappa shape index (κ2) is 8.82. The van der Waals surface area contributed by atoms with Crippen molar-refractivity contribution < 1.29 is 4.79 Å². The van der Waals surface area contributed by atoms with Crippen LogP contribution in [0.2, 0.25) is 0 Å². The van der Waals surface area contributed by atoms with Crippen LogP contribution in [0.3, 0.4) is 0 Å². The molecule has 0 aliphatic rings. The minimum Gasteiger partial charge on any atom is -0.346 e. The van der Waals surface area contributed by atoms with Crippen molar-refractivity contribution >= 4 is 18.3 Å². The Morgan fingerprint density at radius 3 is 2.72 bits per heavy atom. The van der Waals surface area contributed by atoms with Gasteiger partial charge in [0.15, 0.2) is 5.82 Å². The molecule has 1 heterocycles. The van der Waals surface area contributed by atoms with Crippen molar-refractivity contribution in [1.29, 1.82) is 0 Å². The molecule has 104 valence electrons. The van der Waals surface area contributed by atoms with Gasteiger partial charge in [0, 0.05) is 12.5 Å². The molecule has 0 fully saturated rings. The van der Waals surface area contributed by atoms with E-state index in [0.717, 1.165) is 12.8 Å². The Labute approximate surface area is 113 Å². The fourth-order valence-electron chi connectivity index (χ4n) is 1.50. The summed E-state index contributed by atoms with van der Waals surface area (Å²) in [6.07, 6.45) is 2.84. The van der Waals surface area contributed by atoms with Crippen LogP contribution >= 0.6 is 12.4 Å². The van der Waals surface area contributed by atoms with Gasteiger partial charge >= 0.3 is 0 Å². The van der Waals surface area contributed by atoms with E-state index in [-0.39, 0.29) is 30.4 Å². The maximum absolute atomic E-state index is 11.7. The number of tetrazole rings is 1. The van der Waals surface area contributed by atoms with E-state index in [1.165, 1.54) is 0 Å². The lowest BCUT2D eigenvalue weighted by Crippen LogP contribution is -2.30. The van der Waals surface area contributed by atoms with Gasteiger partial charge in [-0.3, -0.25) is 4.79 Å². The summed E-state index contributed by atoms with van der Waals surface area (Å²) in [5.41, 5.74) is 5.61. The zero-order valence-corrected chi connectivity index (χ0v) is 11.5. The number of nitrogens with one attached hydrogen (secondary N) is 2. The van der Waals surface area contributed by atoms with E-state index in [2.05, 4.69) is 25.9 Å². The summed E-state index contributed by atoms with van der Waals surface area (Å²) in [7, 11) is 0. The Balaban J connectivity index is 0.00000289. The van der Waals surface area contributed by atoms with Gasteiger partial charge in [-0.25, -0.2) is 0 Å². The van der Waals surface area contributed by atoms with Gasteiger partial charge in [-0.15, -0.1) is 22.6 Å². The lowest BCUT2D eigenvalue weighted by Gasteiger charge is -2.14. The smallest absolute Gasteiger partial charge is 0.220 e. The third-order valence-electron chi connectivity index (χ3n) is 2.41. The standard InChI is InChI=1S/C10H20N6O.ClH/c1-3-4-8(10-13-15-16-14-10)12-9(17)6-5-7(2)11;/h7-8H,3-6,11H2,1-2H3,(H,12,17)(H,13,14,15,16);1H. The van der Waals surface area contributed by atoms with Crippen molar-refractivity contribution in [3.8, 4) is 0 Å². The molecule has 4 N–H and O–H groups in total. The molecule has 1 rings (SSSR count). The first kappa shape index (κ1) is 16.8. The van der Waals surface area contributed by atoms with Crippen molar-refractivity contribution in [3.63, 3.8) is 0 Å². The van der Waals surface area contributed by atoms with Gasteiger partial charge < -0.3 is 11.1 Å². The van der Waals surface area contributed by atoms with Crippen LogP contribution in [0.15, 0.2) is 0 Å². The van der Waals surface area contributed by atoms with Crippen LogP contribution < -0.4 is 11.1 Å². The molecule has 1 amide bonds. The molecule has 2 unspecified atom stereocenters. The molecular formula is C10H21ClN6O. The quantitative estimate of drug-likeness (QED) is 0.679. The number of nitrogens with two attached hydrogens (primary N) is 1. The molecule has 0 spiro atoms. The topological polar surface area (TPSA) is 110 Å². The number of carbonyl (C=O) groups excluding carboxylic acids is 1. The Hall–Kier alpha value is -1.21. The molecule has 0 aromatic carbocycles. The zero-order chi connectivity index (χ0) is 12.7. The summed E-state index contributed by atoms with van der Waals surface area (Å²) in [6, 6.07) is -0.130. The van der Waals surface area contributed by atoms with Crippen LogP contribution in [0, 0.1) is 0 Å². The van der Waals surface area contributed by atoms with E-state index >= 15 is 0 Å². The molecule has 0 aliphatic heterocycles. The summed E-state index contributed by atoms with van der Waals surface area (Å²) in [5.74, 6) is 0.506. The maximum atomic E-state index is 11.7. The van der Waals surface area contributed by atoms with Crippen LogP contribution in [0.4, 0.5) is 0 Å². The summed E-state index contributed by atoms with van der Waals surface area (Å²) in [5, 5.41) is 16.6. The number of rotatable bonds is 7. The van der Waals surface area contributed by atoms with Crippen LogP contribution in [0.25, 0.3) is 0 Å². The average molecular weight is 277 g/mol. The SMILES string of the molecule is CCCC(NC(=O)CCC(C)N)c1nn[nH]n1.Cl. The molecule has 18 heavy (non-hydrogen) atoms. The Morgan fingerprint density at radius 2 is 2.22 bits per heavy atom. The van der Waals surface area contributed by atoms with Crippen LogP contribution in [0.1, 0.15) is 51.4 Å². The molecular weight excluding hydrogens is 256 g/mol. The number of carbonyl (C=O) groups is 1. The van der Waals surface area contributed by atoms with Crippen LogP contribution in [-0.2, 0) is 4.79 Å². The van der Waals surface area contributed by atoms with Gasteiger partial charge in [-0.05, 0) is 19.8 Å². The van der Waals surface area contributed by atoms with E-state index in [9.17, 15) is 4.79 Å². The monoisotopic (exact) mass is 276 g/mol. The number of hydrogen-bond donors (Lipinski definition) is 3. The highest BCUT2D eigenvalue weighted by Gasteiger charge is 2.17. The summed E-state index contributed by atoms with van der Waals surface area (Å²) < 4.78 is 0. The second-order valence-electron chi connectivity index (χ2n) is 4.19. The highest BCUT2D eigenvalue weighted by Crippen LogP contribution is 2.13. The van der Waals surface area contributed by atoms with Crippen LogP contribution in [0.5, 0.6) is 0 Å². The van der Waals surface area contributed by atoms with E-state index in [1.807, 2.05) is 13.8 Å². The first-order valence-corrected chi connectivity index (χ1v) is 5.91. The molecule has 0 bridgehead atoms. The molecule has 0 aliphatic carbocycles. The normalized spacial score (nSPS) is 13.5. The van der Waals surface area contributed by atoms with Crippen molar-refractivity contribution in [1.82, 2.24) is 25.9 Å². The molecule has 0 radical (unpaired) electrons. The number of H-pyrrole nitrogens is 1. The van der Waals surface area contributed by atoms with Gasteiger partial charge in [-0.2, -0.15) is 5.21 Å². The molecule has 2 atom stereocenters. The first-order valence-electron chi connectivity index (χ1n) is 5.91. The number of halogens is 1. The van der Waals surface area contributed by atoms with Gasteiger partial charge in [0.2, 0.25) is 5.91 Å². The van der Waals surface area contributed by atoms with Crippen molar-refractivity contribution in [3.05, 3.63) is 5.82 Å². The van der Waals surface area contributed by atoms with Crippen LogP contribution in [-0.4, -0.2) is 32.6 Å². The number of nitrogens with zero attached hydrogens (tertiary/aromatic N) is 3. The maximum Gasteiger partial charge on any atom is 0.220 e. The zero-order valence-electron chi connectivity index (χ0n) is 10.7. The second-order valence-corrected chi connectivity index (χ2v) is 4.19. The fraction of sp³-hybridized carbons (Fsp3) is 0.800. The fourth-order valence-corrected chi connectivity index (χ4v) is 1.50. The Bertz CT molecular complexity index is 329. The molecule has 1 aromatic heterocycles. The molecule has 8 heteroatoms. The van der Waals surface area contributed by atoms with Crippen molar-refractivity contribution in [2.24, 2.45) is 5.73 Å². The van der Waals surface area contributed by atoms with Crippen molar-refractivity contribution in [2.45, 2.75) is 51.6 Å². The predicted octanol–water partition coefficient (Wildman–Crippen LogP) is 0.706.